The largest absolute Gasteiger partial charge is 0.448 e. The van der Waals surface area contributed by atoms with Gasteiger partial charge in [-0.05, 0) is 68.3 Å². The van der Waals surface area contributed by atoms with Crippen molar-refractivity contribution in [2.24, 2.45) is 5.41 Å². The first-order chi connectivity index (χ1) is 22.1. The predicted molar refractivity (Wildman–Crippen MR) is 182 cm³/mol. The molecule has 5 aromatic rings. The maximum Gasteiger partial charge on any atom is 0.317 e. The van der Waals surface area contributed by atoms with Gasteiger partial charge in [-0.2, -0.15) is 0 Å². The lowest BCUT2D eigenvalue weighted by Gasteiger charge is -2.25. The standard InChI is InChI=1S/C37H31Cl3O6/c1-4-20-37(2,3)36(42)46-32-25-19-18-24(38)22-26(25)33(45-31(41)21-23-12-6-5-7-13-23)35(44-30-17-11-9-15-28(30)40)34(32)43-29-16-10-8-14-27(29)39/h5-19,22H,4,20-21H2,1-3H3. The maximum absolute atomic E-state index is 13.7. The summed E-state index contributed by atoms with van der Waals surface area (Å²) in [6.45, 7) is 5.62. The first-order valence-electron chi connectivity index (χ1n) is 14.7. The van der Waals surface area contributed by atoms with E-state index in [1.165, 1.54) is 0 Å². The van der Waals surface area contributed by atoms with Crippen LogP contribution in [0.4, 0.5) is 0 Å². The summed E-state index contributed by atoms with van der Waals surface area (Å²) in [6, 6.07) is 27.7. The molecule has 6 nitrogen and oxygen atoms in total. The summed E-state index contributed by atoms with van der Waals surface area (Å²) < 4.78 is 25.1. The highest BCUT2D eigenvalue weighted by atomic mass is 35.5. The molecule has 0 saturated carbocycles. The minimum Gasteiger partial charge on any atom is -0.448 e. The number of esters is 2. The van der Waals surface area contributed by atoms with Crippen molar-refractivity contribution in [3.05, 3.63) is 118 Å². The number of hydrogen-bond acceptors (Lipinski definition) is 6. The average molecular weight is 678 g/mol. The second-order valence-corrected chi connectivity index (χ2v) is 12.5. The van der Waals surface area contributed by atoms with Gasteiger partial charge in [-0.25, -0.2) is 0 Å². The number of carbonyl (C=O) groups is 2. The molecule has 46 heavy (non-hydrogen) atoms. The molecule has 0 bridgehead atoms. The second kappa shape index (κ2) is 14.5. The molecule has 5 aromatic carbocycles. The van der Waals surface area contributed by atoms with Crippen LogP contribution in [0.15, 0.2) is 97.1 Å². The van der Waals surface area contributed by atoms with Crippen LogP contribution in [0.5, 0.6) is 34.5 Å². The zero-order chi connectivity index (χ0) is 32.8. The van der Waals surface area contributed by atoms with Crippen LogP contribution in [-0.2, 0) is 16.0 Å². The van der Waals surface area contributed by atoms with E-state index in [0.29, 0.717) is 22.2 Å². The van der Waals surface area contributed by atoms with Crippen molar-refractivity contribution in [2.75, 3.05) is 0 Å². The Bertz CT molecular complexity index is 1890. The summed E-state index contributed by atoms with van der Waals surface area (Å²) in [5, 5.41) is 1.65. The summed E-state index contributed by atoms with van der Waals surface area (Å²) in [6.07, 6.45) is 1.31. The molecule has 0 aliphatic rings. The number of ether oxygens (including phenoxy) is 4. The van der Waals surface area contributed by atoms with Crippen molar-refractivity contribution in [1.82, 2.24) is 0 Å². The van der Waals surface area contributed by atoms with Crippen molar-refractivity contribution in [1.29, 1.82) is 0 Å². The van der Waals surface area contributed by atoms with Crippen molar-refractivity contribution in [2.45, 2.75) is 40.0 Å². The molecule has 0 radical (unpaired) electrons. The molecule has 0 saturated heterocycles. The molecular formula is C37H31Cl3O6. The molecule has 0 amide bonds. The van der Waals surface area contributed by atoms with Gasteiger partial charge < -0.3 is 18.9 Å². The molecule has 0 fully saturated rings. The zero-order valence-corrected chi connectivity index (χ0v) is 27.7. The van der Waals surface area contributed by atoms with E-state index in [-0.39, 0.29) is 51.0 Å². The molecule has 0 unspecified atom stereocenters. The predicted octanol–water partition coefficient (Wildman–Crippen LogP) is 11.3. The Morgan fingerprint density at radius 2 is 1.20 bits per heavy atom. The maximum atomic E-state index is 13.7. The highest BCUT2D eigenvalue weighted by Crippen LogP contribution is 2.55. The fourth-order valence-electron chi connectivity index (χ4n) is 4.89. The number of para-hydroxylation sites is 2. The van der Waals surface area contributed by atoms with E-state index in [1.54, 1.807) is 66.7 Å². The molecule has 0 heterocycles. The molecule has 0 aliphatic carbocycles. The number of carbonyl (C=O) groups excluding carboxylic acids is 2. The van der Waals surface area contributed by atoms with Crippen molar-refractivity contribution in [3.63, 3.8) is 0 Å². The van der Waals surface area contributed by atoms with E-state index in [9.17, 15) is 9.59 Å². The molecule has 0 aliphatic heterocycles. The van der Waals surface area contributed by atoms with E-state index in [2.05, 4.69) is 0 Å². The van der Waals surface area contributed by atoms with Crippen LogP contribution in [0.1, 0.15) is 39.2 Å². The van der Waals surface area contributed by atoms with Gasteiger partial charge in [0, 0.05) is 15.8 Å². The summed E-state index contributed by atoms with van der Waals surface area (Å²) >= 11 is 19.6. The number of halogens is 3. The lowest BCUT2D eigenvalue weighted by molar-refractivity contribution is -0.144. The van der Waals surface area contributed by atoms with Crippen LogP contribution in [-0.4, -0.2) is 11.9 Å². The Balaban J connectivity index is 1.80. The summed E-state index contributed by atoms with van der Waals surface area (Å²) in [7, 11) is 0. The third-order valence-corrected chi connectivity index (χ3v) is 8.08. The smallest absolute Gasteiger partial charge is 0.317 e. The number of rotatable bonds is 11. The van der Waals surface area contributed by atoms with Gasteiger partial charge in [-0.15, -0.1) is 0 Å². The van der Waals surface area contributed by atoms with Gasteiger partial charge >= 0.3 is 11.9 Å². The lowest BCUT2D eigenvalue weighted by Crippen LogP contribution is -2.29. The number of benzene rings is 5. The van der Waals surface area contributed by atoms with Crippen LogP contribution in [0.3, 0.4) is 0 Å². The van der Waals surface area contributed by atoms with Crippen LogP contribution < -0.4 is 18.9 Å². The highest BCUT2D eigenvalue weighted by molar-refractivity contribution is 6.32. The first-order valence-corrected chi connectivity index (χ1v) is 15.8. The van der Waals surface area contributed by atoms with Gasteiger partial charge in [0.1, 0.15) is 11.5 Å². The van der Waals surface area contributed by atoms with E-state index < -0.39 is 17.4 Å². The second-order valence-electron chi connectivity index (χ2n) is 11.2. The quantitative estimate of drug-likeness (QED) is 0.102. The monoisotopic (exact) mass is 676 g/mol. The van der Waals surface area contributed by atoms with E-state index in [1.807, 2.05) is 51.1 Å². The Labute approximate surface area is 282 Å². The highest BCUT2D eigenvalue weighted by Gasteiger charge is 2.34. The summed E-state index contributed by atoms with van der Waals surface area (Å²) in [5.41, 5.74) is -0.0839. The SMILES string of the molecule is CCCC(C)(C)C(=O)Oc1c(Oc2ccccc2Cl)c(Oc2ccccc2Cl)c(OC(=O)Cc2ccccc2)c2cc(Cl)ccc12. The first kappa shape index (κ1) is 33.1. The van der Waals surface area contributed by atoms with Crippen molar-refractivity contribution >= 4 is 57.5 Å². The lowest BCUT2D eigenvalue weighted by atomic mass is 9.88. The molecule has 9 heteroatoms. The molecule has 0 N–H and O–H groups in total. The van der Waals surface area contributed by atoms with Crippen LogP contribution in [0.2, 0.25) is 15.1 Å². The number of fused-ring (bicyclic) bond motifs is 1. The fraction of sp³-hybridized carbons (Fsp3) is 0.189. The van der Waals surface area contributed by atoms with Gasteiger partial charge in [0.2, 0.25) is 11.5 Å². The Kier molecular flexibility index (Phi) is 10.4. The molecule has 0 aromatic heterocycles. The molecule has 5 rings (SSSR count). The Hall–Kier alpha value is -4.23. The zero-order valence-electron chi connectivity index (χ0n) is 25.4. The van der Waals surface area contributed by atoms with Crippen LogP contribution in [0, 0.1) is 5.41 Å². The van der Waals surface area contributed by atoms with Crippen LogP contribution >= 0.6 is 34.8 Å². The molecular weight excluding hydrogens is 647 g/mol. The van der Waals surface area contributed by atoms with Gasteiger partial charge in [0.05, 0.1) is 21.9 Å². The third kappa shape index (κ3) is 7.59. The average Bonchev–Trinajstić information content (AvgIpc) is 3.02. The van der Waals surface area contributed by atoms with E-state index in [4.69, 9.17) is 53.8 Å². The Morgan fingerprint density at radius 1 is 0.652 bits per heavy atom. The van der Waals surface area contributed by atoms with Crippen molar-refractivity contribution in [3.8, 4) is 34.5 Å². The summed E-state index contributed by atoms with van der Waals surface area (Å²) in [5.74, 6) is -0.683. The van der Waals surface area contributed by atoms with Gasteiger partial charge in [0.15, 0.2) is 11.5 Å². The van der Waals surface area contributed by atoms with Gasteiger partial charge in [-0.1, -0.05) is 103 Å². The number of hydrogen-bond donors (Lipinski definition) is 0. The van der Waals surface area contributed by atoms with E-state index in [0.717, 1.165) is 12.0 Å². The van der Waals surface area contributed by atoms with Gasteiger partial charge in [0.25, 0.3) is 0 Å². The minimum absolute atomic E-state index is 0.00646. The molecule has 0 spiro atoms. The topological polar surface area (TPSA) is 71.1 Å². The van der Waals surface area contributed by atoms with Crippen molar-refractivity contribution < 1.29 is 28.5 Å². The minimum atomic E-state index is -0.834. The molecule has 236 valence electrons. The van der Waals surface area contributed by atoms with E-state index >= 15 is 0 Å². The Morgan fingerprint density at radius 3 is 1.76 bits per heavy atom. The van der Waals surface area contributed by atoms with Crippen LogP contribution in [0.25, 0.3) is 10.8 Å². The molecule has 0 atom stereocenters. The third-order valence-electron chi connectivity index (χ3n) is 7.22. The fourth-order valence-corrected chi connectivity index (χ4v) is 5.41. The van der Waals surface area contributed by atoms with Gasteiger partial charge in [-0.3, -0.25) is 9.59 Å². The summed E-state index contributed by atoms with van der Waals surface area (Å²) in [4.78, 5) is 27.2. The normalized spacial score (nSPS) is 11.3.